The second-order valence-corrected chi connectivity index (χ2v) is 8.92. The third kappa shape index (κ3) is 4.56. The second-order valence-electron chi connectivity index (χ2n) is 6.39. The first-order valence-electron chi connectivity index (χ1n) is 8.79. The number of nitrogens with one attached hydrogen (secondary N) is 1. The summed E-state index contributed by atoms with van der Waals surface area (Å²) in [6.07, 6.45) is 0. The number of benzene rings is 1. The number of rotatable bonds is 7. The van der Waals surface area contributed by atoms with Crippen LogP contribution >= 0.6 is 23.1 Å². The summed E-state index contributed by atoms with van der Waals surface area (Å²) >= 11 is 2.90. The maximum absolute atomic E-state index is 12.3. The Morgan fingerprint density at radius 3 is 2.89 bits per heavy atom. The van der Waals surface area contributed by atoms with Crippen LogP contribution in [-0.2, 0) is 21.9 Å². The van der Waals surface area contributed by atoms with Crippen molar-refractivity contribution in [1.29, 1.82) is 0 Å². The molecule has 0 saturated carbocycles. The van der Waals surface area contributed by atoms with E-state index in [4.69, 9.17) is 9.47 Å². The molecule has 28 heavy (non-hydrogen) atoms. The minimum Gasteiger partial charge on any atom is -0.497 e. The Morgan fingerprint density at radius 1 is 1.36 bits per heavy atom. The standard InChI is InChI=1S/C20H22N2O4S2/c1-11-12(2)28-19-17(11)18(23)21-16(22-19)10-27-13(3)20(24)26-9-14-6-5-7-15(8-14)25-4/h5-8,13H,9-10H2,1-4H3,(H,21,22,23). The van der Waals surface area contributed by atoms with E-state index in [0.29, 0.717) is 17.0 Å². The lowest BCUT2D eigenvalue weighted by molar-refractivity contribution is -0.143. The van der Waals surface area contributed by atoms with Gasteiger partial charge in [-0.1, -0.05) is 12.1 Å². The van der Waals surface area contributed by atoms with E-state index >= 15 is 0 Å². The number of fused-ring (bicyclic) bond motifs is 1. The van der Waals surface area contributed by atoms with Crippen molar-refractivity contribution < 1.29 is 14.3 Å². The maximum atomic E-state index is 12.3. The molecule has 0 spiro atoms. The van der Waals surface area contributed by atoms with Crippen molar-refractivity contribution in [3.8, 4) is 5.75 Å². The first-order valence-corrected chi connectivity index (χ1v) is 10.7. The van der Waals surface area contributed by atoms with Gasteiger partial charge in [0.05, 0.1) is 18.2 Å². The van der Waals surface area contributed by atoms with Crippen LogP contribution in [-0.4, -0.2) is 28.3 Å². The number of thiophene rings is 1. The van der Waals surface area contributed by atoms with Crippen LogP contribution in [0.1, 0.15) is 28.8 Å². The monoisotopic (exact) mass is 418 g/mol. The summed E-state index contributed by atoms with van der Waals surface area (Å²) in [7, 11) is 1.60. The quantitative estimate of drug-likeness (QED) is 0.585. The zero-order chi connectivity index (χ0) is 20.3. The molecular weight excluding hydrogens is 396 g/mol. The van der Waals surface area contributed by atoms with Crippen LogP contribution in [0, 0.1) is 13.8 Å². The number of hydrogen-bond acceptors (Lipinski definition) is 7. The molecule has 148 valence electrons. The Kier molecular flexibility index (Phi) is 6.41. The number of nitrogens with zero attached hydrogens (tertiary/aromatic N) is 1. The van der Waals surface area contributed by atoms with E-state index in [1.165, 1.54) is 23.1 Å². The van der Waals surface area contributed by atoms with Gasteiger partial charge in [-0.2, -0.15) is 0 Å². The van der Waals surface area contributed by atoms with Crippen molar-refractivity contribution in [2.24, 2.45) is 0 Å². The molecule has 2 aromatic heterocycles. The van der Waals surface area contributed by atoms with Crippen molar-refractivity contribution in [3.05, 3.63) is 56.4 Å². The van der Waals surface area contributed by atoms with Gasteiger partial charge in [0.25, 0.3) is 5.56 Å². The van der Waals surface area contributed by atoms with Gasteiger partial charge in [0, 0.05) is 4.88 Å². The number of methoxy groups -OCH3 is 1. The van der Waals surface area contributed by atoms with E-state index in [-0.39, 0.29) is 23.4 Å². The predicted molar refractivity (Wildman–Crippen MR) is 113 cm³/mol. The highest BCUT2D eigenvalue weighted by atomic mass is 32.2. The lowest BCUT2D eigenvalue weighted by Crippen LogP contribution is -2.18. The molecule has 0 bridgehead atoms. The van der Waals surface area contributed by atoms with Crippen LogP contribution in [0.4, 0.5) is 0 Å². The Balaban J connectivity index is 1.58. The fourth-order valence-electron chi connectivity index (χ4n) is 2.67. The van der Waals surface area contributed by atoms with Crippen LogP contribution in [0.15, 0.2) is 29.1 Å². The summed E-state index contributed by atoms with van der Waals surface area (Å²) in [5, 5.41) is 0.278. The molecule has 1 atom stereocenters. The fraction of sp³-hybridized carbons (Fsp3) is 0.350. The smallest absolute Gasteiger partial charge is 0.319 e. The number of aromatic amines is 1. The summed E-state index contributed by atoms with van der Waals surface area (Å²) in [5.74, 6) is 1.41. The van der Waals surface area contributed by atoms with Crippen LogP contribution < -0.4 is 10.3 Å². The minimum atomic E-state index is -0.376. The molecule has 0 aliphatic heterocycles. The van der Waals surface area contributed by atoms with Crippen molar-refractivity contribution >= 4 is 39.3 Å². The summed E-state index contributed by atoms with van der Waals surface area (Å²) < 4.78 is 10.6. The highest BCUT2D eigenvalue weighted by Gasteiger charge is 2.17. The zero-order valence-electron chi connectivity index (χ0n) is 16.2. The number of hydrogen-bond donors (Lipinski definition) is 1. The molecule has 1 unspecified atom stereocenters. The lowest BCUT2D eigenvalue weighted by atomic mass is 10.2. The molecule has 1 N–H and O–H groups in total. The van der Waals surface area contributed by atoms with Gasteiger partial charge in [0.1, 0.15) is 28.3 Å². The van der Waals surface area contributed by atoms with E-state index < -0.39 is 0 Å². The molecule has 0 fully saturated rings. The number of thioether (sulfide) groups is 1. The largest absolute Gasteiger partial charge is 0.497 e. The third-order valence-corrected chi connectivity index (χ3v) is 6.64. The van der Waals surface area contributed by atoms with Crippen molar-refractivity contribution in [3.63, 3.8) is 0 Å². The number of aryl methyl sites for hydroxylation is 2. The summed E-state index contributed by atoms with van der Waals surface area (Å²) in [4.78, 5) is 33.8. The summed E-state index contributed by atoms with van der Waals surface area (Å²) in [6, 6.07) is 7.40. The Morgan fingerprint density at radius 2 is 2.14 bits per heavy atom. The van der Waals surface area contributed by atoms with Crippen molar-refractivity contribution in [1.82, 2.24) is 9.97 Å². The number of aromatic nitrogens is 2. The summed E-state index contributed by atoms with van der Waals surface area (Å²) in [6.45, 7) is 5.89. The van der Waals surface area contributed by atoms with Gasteiger partial charge in [-0.3, -0.25) is 9.59 Å². The lowest BCUT2D eigenvalue weighted by Gasteiger charge is -2.11. The molecule has 8 heteroatoms. The highest BCUT2D eigenvalue weighted by Crippen LogP contribution is 2.26. The number of H-pyrrole nitrogens is 1. The van der Waals surface area contributed by atoms with Crippen LogP contribution in [0.5, 0.6) is 5.75 Å². The molecule has 6 nitrogen and oxygen atoms in total. The van der Waals surface area contributed by atoms with Gasteiger partial charge in [-0.15, -0.1) is 23.1 Å². The van der Waals surface area contributed by atoms with Crippen molar-refractivity contribution in [2.45, 2.75) is 38.4 Å². The van der Waals surface area contributed by atoms with Crippen LogP contribution in [0.3, 0.4) is 0 Å². The molecule has 1 aromatic carbocycles. The molecule has 0 aliphatic rings. The van der Waals surface area contributed by atoms with E-state index in [9.17, 15) is 9.59 Å². The third-order valence-electron chi connectivity index (χ3n) is 4.41. The van der Waals surface area contributed by atoms with Crippen molar-refractivity contribution in [2.75, 3.05) is 7.11 Å². The SMILES string of the molecule is COc1cccc(COC(=O)C(C)SCc2nc3sc(C)c(C)c3c(=O)[nH]2)c1. The molecule has 3 rings (SSSR count). The number of ether oxygens (including phenoxy) is 2. The van der Waals surface area contributed by atoms with E-state index in [1.807, 2.05) is 38.1 Å². The topological polar surface area (TPSA) is 81.3 Å². The van der Waals surface area contributed by atoms with E-state index in [1.54, 1.807) is 14.0 Å². The average molecular weight is 419 g/mol. The van der Waals surface area contributed by atoms with Crippen LogP contribution in [0.2, 0.25) is 0 Å². The first kappa shape index (κ1) is 20.4. The fourth-order valence-corrected chi connectivity index (χ4v) is 4.47. The first-order chi connectivity index (χ1) is 13.4. The van der Waals surface area contributed by atoms with Gasteiger partial charge in [-0.25, -0.2) is 4.98 Å². The molecule has 3 aromatic rings. The number of esters is 1. The maximum Gasteiger partial charge on any atom is 0.319 e. The molecule has 0 aliphatic carbocycles. The molecule has 2 heterocycles. The Labute approximate surface area is 171 Å². The second kappa shape index (κ2) is 8.79. The molecule has 0 saturated heterocycles. The molecular formula is C20H22N2O4S2. The van der Waals surface area contributed by atoms with Gasteiger partial charge >= 0.3 is 5.97 Å². The van der Waals surface area contributed by atoms with E-state index in [2.05, 4.69) is 9.97 Å². The zero-order valence-corrected chi connectivity index (χ0v) is 17.8. The number of carbonyl (C=O) groups is 1. The minimum absolute atomic E-state index is 0.129. The highest BCUT2D eigenvalue weighted by molar-refractivity contribution is 7.99. The van der Waals surface area contributed by atoms with Gasteiger partial charge < -0.3 is 14.5 Å². The molecule has 0 radical (unpaired) electrons. The summed E-state index contributed by atoms with van der Waals surface area (Å²) in [5.41, 5.74) is 1.71. The normalized spacial score (nSPS) is 12.1. The van der Waals surface area contributed by atoms with E-state index in [0.717, 1.165) is 26.6 Å². The number of carbonyl (C=O) groups excluding carboxylic acids is 1. The molecule has 0 amide bonds. The Hall–Kier alpha value is -2.32. The van der Waals surface area contributed by atoms with Gasteiger partial charge in [0.15, 0.2) is 0 Å². The Bertz CT molecular complexity index is 1060. The predicted octanol–water partition coefficient (Wildman–Crippen LogP) is 3.98. The average Bonchev–Trinajstić information content (AvgIpc) is 2.98. The van der Waals surface area contributed by atoms with Gasteiger partial charge in [0.2, 0.25) is 0 Å². The van der Waals surface area contributed by atoms with Gasteiger partial charge in [-0.05, 0) is 44.0 Å². The van der Waals surface area contributed by atoms with Crippen LogP contribution in [0.25, 0.3) is 10.2 Å².